The van der Waals surface area contributed by atoms with Crippen molar-refractivity contribution in [2.45, 2.75) is 32.7 Å². The van der Waals surface area contributed by atoms with Crippen LogP contribution in [0.4, 0.5) is 22.0 Å². The highest BCUT2D eigenvalue weighted by atomic mass is 35.5. The molecular formula is C14H17ClF5N3O. The van der Waals surface area contributed by atoms with Crippen molar-refractivity contribution < 1.29 is 26.7 Å². The second kappa shape index (κ2) is 9.51. The second-order valence-corrected chi connectivity index (χ2v) is 5.05. The van der Waals surface area contributed by atoms with Gasteiger partial charge in [0.15, 0.2) is 5.96 Å². The number of nitrogens with one attached hydrogen (secondary N) is 2. The van der Waals surface area contributed by atoms with Gasteiger partial charge in [-0.25, -0.2) is 4.99 Å². The highest BCUT2D eigenvalue weighted by Gasteiger charge is 2.26. The maximum atomic E-state index is 12.4. The zero-order valence-electron chi connectivity index (χ0n) is 12.8. The molecule has 0 amide bonds. The molecule has 0 saturated heterocycles. The van der Waals surface area contributed by atoms with E-state index in [0.29, 0.717) is 11.6 Å². The van der Waals surface area contributed by atoms with Crippen LogP contribution in [0.5, 0.6) is 5.75 Å². The monoisotopic (exact) mass is 373 g/mol. The molecule has 24 heavy (non-hydrogen) atoms. The van der Waals surface area contributed by atoms with Crippen molar-refractivity contribution in [3.05, 3.63) is 28.8 Å². The molecule has 4 nitrogen and oxygen atoms in total. The van der Waals surface area contributed by atoms with Gasteiger partial charge in [0.25, 0.3) is 0 Å². The molecule has 1 aromatic carbocycles. The summed E-state index contributed by atoms with van der Waals surface area (Å²) in [5, 5.41) is 5.59. The van der Waals surface area contributed by atoms with E-state index >= 15 is 0 Å². The van der Waals surface area contributed by atoms with E-state index < -0.39 is 19.2 Å². The number of ether oxygens (including phenoxy) is 1. The van der Waals surface area contributed by atoms with Gasteiger partial charge in [-0.15, -0.1) is 0 Å². The number of aliphatic imine (C=N–C) groups is 1. The summed E-state index contributed by atoms with van der Waals surface area (Å²) >= 11 is 5.82. The van der Waals surface area contributed by atoms with Crippen LogP contribution in [0.2, 0.25) is 5.02 Å². The lowest BCUT2D eigenvalue weighted by molar-refractivity contribution is -0.132. The van der Waals surface area contributed by atoms with Crippen LogP contribution in [0.25, 0.3) is 0 Å². The SMILES string of the molecule is CCNC(=NCc1cc(Cl)ccc1OC(F)F)NCCC(F)(F)F. The van der Waals surface area contributed by atoms with E-state index in [1.807, 2.05) is 0 Å². The predicted molar refractivity (Wildman–Crippen MR) is 81.6 cm³/mol. The molecule has 136 valence electrons. The minimum absolute atomic E-state index is 0.0933. The number of halogens is 6. The lowest BCUT2D eigenvalue weighted by atomic mass is 10.2. The summed E-state index contributed by atoms with van der Waals surface area (Å²) in [5.41, 5.74) is 0.288. The van der Waals surface area contributed by atoms with Gasteiger partial charge < -0.3 is 15.4 Å². The molecule has 1 rings (SSSR count). The fourth-order valence-electron chi connectivity index (χ4n) is 1.71. The molecule has 1 aromatic rings. The summed E-state index contributed by atoms with van der Waals surface area (Å²) in [6, 6.07) is 4.07. The van der Waals surface area contributed by atoms with Crippen LogP contribution in [0, 0.1) is 0 Å². The number of alkyl halides is 5. The summed E-state index contributed by atoms with van der Waals surface area (Å²) in [4.78, 5) is 4.06. The first-order chi connectivity index (χ1) is 11.2. The number of guanidine groups is 1. The Hall–Kier alpha value is -1.77. The minimum atomic E-state index is -4.28. The Morgan fingerprint density at radius 3 is 2.58 bits per heavy atom. The van der Waals surface area contributed by atoms with Crippen molar-refractivity contribution in [1.82, 2.24) is 10.6 Å². The Balaban J connectivity index is 2.79. The van der Waals surface area contributed by atoms with Gasteiger partial charge in [0.1, 0.15) is 5.75 Å². The lowest BCUT2D eigenvalue weighted by Crippen LogP contribution is -2.38. The number of nitrogens with zero attached hydrogens (tertiary/aromatic N) is 1. The molecule has 0 heterocycles. The number of benzene rings is 1. The van der Waals surface area contributed by atoms with Crippen molar-refractivity contribution in [3.63, 3.8) is 0 Å². The maximum Gasteiger partial charge on any atom is 0.390 e. The van der Waals surface area contributed by atoms with E-state index in [4.69, 9.17) is 11.6 Å². The highest BCUT2D eigenvalue weighted by Crippen LogP contribution is 2.25. The third-order valence-electron chi connectivity index (χ3n) is 2.69. The topological polar surface area (TPSA) is 45.7 Å². The van der Waals surface area contributed by atoms with E-state index in [1.54, 1.807) is 6.92 Å². The molecule has 0 atom stereocenters. The highest BCUT2D eigenvalue weighted by molar-refractivity contribution is 6.30. The van der Waals surface area contributed by atoms with Crippen molar-refractivity contribution >= 4 is 17.6 Å². The van der Waals surface area contributed by atoms with E-state index in [9.17, 15) is 22.0 Å². The molecule has 0 saturated carbocycles. The van der Waals surface area contributed by atoms with Crippen LogP contribution in [0.3, 0.4) is 0 Å². The molecular weight excluding hydrogens is 357 g/mol. The van der Waals surface area contributed by atoms with Gasteiger partial charge in [0.05, 0.1) is 13.0 Å². The lowest BCUT2D eigenvalue weighted by Gasteiger charge is -2.13. The van der Waals surface area contributed by atoms with Crippen LogP contribution >= 0.6 is 11.6 Å². The van der Waals surface area contributed by atoms with Crippen molar-refractivity contribution in [1.29, 1.82) is 0 Å². The molecule has 0 fully saturated rings. The smallest absolute Gasteiger partial charge is 0.390 e. The third-order valence-corrected chi connectivity index (χ3v) is 2.93. The fraction of sp³-hybridized carbons (Fsp3) is 0.500. The summed E-state index contributed by atoms with van der Waals surface area (Å²) in [5.74, 6) is 0.0361. The molecule has 0 aliphatic heterocycles. The molecule has 0 bridgehead atoms. The Labute approximate surface area is 141 Å². The average Bonchev–Trinajstić information content (AvgIpc) is 2.45. The molecule has 0 aliphatic rings. The van der Waals surface area contributed by atoms with Gasteiger partial charge in [-0.1, -0.05) is 11.6 Å². The van der Waals surface area contributed by atoms with Crippen LogP contribution < -0.4 is 15.4 Å². The summed E-state index contributed by atoms with van der Waals surface area (Å²) < 4.78 is 65.6. The molecule has 10 heteroatoms. The number of hydrogen-bond donors (Lipinski definition) is 2. The molecule has 0 spiro atoms. The Kier molecular flexibility index (Phi) is 8.03. The Morgan fingerprint density at radius 2 is 2.00 bits per heavy atom. The normalized spacial score (nSPS) is 12.4. The van der Waals surface area contributed by atoms with Gasteiger partial charge in [-0.05, 0) is 25.1 Å². The predicted octanol–water partition coefficient (Wildman–Crippen LogP) is 3.95. The van der Waals surface area contributed by atoms with Gasteiger partial charge in [-0.3, -0.25) is 0 Å². The second-order valence-electron chi connectivity index (χ2n) is 4.62. The van der Waals surface area contributed by atoms with Gasteiger partial charge in [0.2, 0.25) is 0 Å². The van der Waals surface area contributed by atoms with E-state index in [2.05, 4.69) is 20.4 Å². The first kappa shape index (κ1) is 20.3. The molecule has 0 aliphatic carbocycles. The molecule has 0 unspecified atom stereocenters. The zero-order chi connectivity index (χ0) is 18.2. The van der Waals surface area contributed by atoms with Gasteiger partial charge in [-0.2, -0.15) is 22.0 Å². The van der Waals surface area contributed by atoms with Crippen LogP contribution in [0.15, 0.2) is 23.2 Å². The van der Waals surface area contributed by atoms with Crippen LogP contribution in [-0.4, -0.2) is 31.8 Å². The number of rotatable bonds is 7. The summed E-state index contributed by atoms with van der Waals surface area (Å²) in [7, 11) is 0. The largest absolute Gasteiger partial charge is 0.434 e. The average molecular weight is 374 g/mol. The molecule has 2 N–H and O–H groups in total. The quantitative estimate of drug-likeness (QED) is 0.432. The first-order valence-electron chi connectivity index (χ1n) is 7.03. The van der Waals surface area contributed by atoms with Gasteiger partial charge in [0, 0.05) is 23.7 Å². The minimum Gasteiger partial charge on any atom is -0.434 e. The van der Waals surface area contributed by atoms with E-state index in [0.717, 1.165) is 0 Å². The standard InChI is InChI=1S/C14H17ClF5N3O/c1-2-21-13(22-6-5-14(18,19)20)23-8-9-7-10(15)3-4-11(9)24-12(16)17/h3-4,7,12H,2,5-6,8H2,1H3,(H2,21,22,23). The van der Waals surface area contributed by atoms with Crippen LogP contribution in [-0.2, 0) is 6.54 Å². The maximum absolute atomic E-state index is 12.4. The van der Waals surface area contributed by atoms with Crippen molar-refractivity contribution in [2.75, 3.05) is 13.1 Å². The van der Waals surface area contributed by atoms with Gasteiger partial charge >= 0.3 is 12.8 Å². The third kappa shape index (κ3) is 8.19. The zero-order valence-corrected chi connectivity index (χ0v) is 13.5. The Bertz CT molecular complexity index is 552. The fourth-order valence-corrected chi connectivity index (χ4v) is 1.91. The van der Waals surface area contributed by atoms with Crippen molar-refractivity contribution in [3.8, 4) is 5.75 Å². The van der Waals surface area contributed by atoms with E-state index in [1.165, 1.54) is 18.2 Å². The van der Waals surface area contributed by atoms with E-state index in [-0.39, 0.29) is 30.4 Å². The Morgan fingerprint density at radius 1 is 1.29 bits per heavy atom. The first-order valence-corrected chi connectivity index (χ1v) is 7.41. The summed E-state index contributed by atoms with van der Waals surface area (Å²) in [6.07, 6.45) is -5.30. The summed E-state index contributed by atoms with van der Waals surface area (Å²) in [6.45, 7) is -1.29. The molecule has 0 radical (unpaired) electrons. The number of hydrogen-bond acceptors (Lipinski definition) is 2. The molecule has 0 aromatic heterocycles. The van der Waals surface area contributed by atoms with Crippen molar-refractivity contribution in [2.24, 2.45) is 4.99 Å². The van der Waals surface area contributed by atoms with Crippen LogP contribution in [0.1, 0.15) is 18.9 Å².